The Kier molecular flexibility index (Phi) is 7.10. The molecule has 0 aliphatic rings. The molecule has 0 atom stereocenters. The minimum atomic E-state index is 0.632. The van der Waals surface area contributed by atoms with Crippen LogP contribution in [0.15, 0.2) is 180 Å². The first-order valence-electron chi connectivity index (χ1n) is 16.4. The third kappa shape index (κ3) is 5.35. The summed E-state index contributed by atoms with van der Waals surface area (Å²) in [5, 5.41) is 2.27. The van der Waals surface area contributed by atoms with Crippen LogP contribution in [0.5, 0.6) is 0 Å². The fourth-order valence-electron chi connectivity index (χ4n) is 6.52. The standard InChI is InChI=1S/C45H29N3O/c1-3-12-32(13-4-1)36-16-7-8-18-40(36)45-47-43(34-14-5-2-6-15-34)46-44(48-45)35-28-24-31(25-29-35)30-22-26-33(27-23-30)37-19-11-20-39-38-17-9-10-21-41(38)49-42(37)39/h1-29H. The number of benzene rings is 7. The third-order valence-electron chi connectivity index (χ3n) is 9.00. The Labute approximate surface area is 284 Å². The van der Waals surface area contributed by atoms with Crippen molar-refractivity contribution in [3.05, 3.63) is 176 Å². The molecule has 0 aliphatic carbocycles. The monoisotopic (exact) mass is 627 g/mol. The zero-order valence-corrected chi connectivity index (χ0v) is 26.5. The van der Waals surface area contributed by atoms with E-state index < -0.39 is 0 Å². The molecule has 0 N–H and O–H groups in total. The Morgan fingerprint density at radius 1 is 0.286 bits per heavy atom. The summed E-state index contributed by atoms with van der Waals surface area (Å²) >= 11 is 0. The number of rotatable bonds is 6. The molecule has 0 aliphatic heterocycles. The molecule has 0 bridgehead atoms. The average molecular weight is 628 g/mol. The highest BCUT2D eigenvalue weighted by Gasteiger charge is 2.16. The summed E-state index contributed by atoms with van der Waals surface area (Å²) < 4.78 is 6.29. The lowest BCUT2D eigenvalue weighted by Gasteiger charge is -2.12. The molecule has 0 spiro atoms. The molecular formula is C45H29N3O. The van der Waals surface area contributed by atoms with Crippen molar-refractivity contribution in [2.24, 2.45) is 0 Å². The van der Waals surface area contributed by atoms with Crippen LogP contribution < -0.4 is 0 Å². The molecule has 9 rings (SSSR count). The predicted octanol–water partition coefficient (Wildman–Crippen LogP) is 11.8. The maximum absolute atomic E-state index is 6.29. The first-order chi connectivity index (χ1) is 24.3. The van der Waals surface area contributed by atoms with Crippen LogP contribution in [0.1, 0.15) is 0 Å². The first-order valence-corrected chi connectivity index (χ1v) is 16.4. The van der Waals surface area contributed by atoms with Crippen LogP contribution in [-0.4, -0.2) is 15.0 Å². The molecule has 4 nitrogen and oxygen atoms in total. The van der Waals surface area contributed by atoms with Crippen LogP contribution in [0.4, 0.5) is 0 Å². The van der Waals surface area contributed by atoms with Gasteiger partial charge in [-0.2, -0.15) is 0 Å². The Balaban J connectivity index is 1.07. The molecular weight excluding hydrogens is 599 g/mol. The van der Waals surface area contributed by atoms with Gasteiger partial charge in [0.1, 0.15) is 11.2 Å². The second-order valence-electron chi connectivity index (χ2n) is 12.0. The lowest BCUT2D eigenvalue weighted by Crippen LogP contribution is -2.01. The molecule has 49 heavy (non-hydrogen) atoms. The van der Waals surface area contributed by atoms with Gasteiger partial charge in [0.05, 0.1) is 0 Å². The van der Waals surface area contributed by atoms with Gasteiger partial charge in [-0.05, 0) is 33.9 Å². The molecule has 2 heterocycles. The van der Waals surface area contributed by atoms with Gasteiger partial charge in [-0.1, -0.05) is 170 Å². The van der Waals surface area contributed by atoms with Crippen LogP contribution in [-0.2, 0) is 0 Å². The molecule has 2 aromatic heterocycles. The second-order valence-corrected chi connectivity index (χ2v) is 12.0. The van der Waals surface area contributed by atoms with Crippen molar-refractivity contribution >= 4 is 21.9 Å². The first kappa shape index (κ1) is 28.6. The van der Waals surface area contributed by atoms with Gasteiger partial charge in [-0.3, -0.25) is 0 Å². The number of nitrogens with zero attached hydrogens (tertiary/aromatic N) is 3. The Morgan fingerprint density at radius 2 is 0.735 bits per heavy atom. The molecule has 0 saturated carbocycles. The molecule has 0 fully saturated rings. The van der Waals surface area contributed by atoms with E-state index in [1.807, 2.05) is 54.6 Å². The molecule has 0 saturated heterocycles. The van der Waals surface area contributed by atoms with Gasteiger partial charge < -0.3 is 4.42 Å². The highest BCUT2D eigenvalue weighted by atomic mass is 16.3. The molecule has 4 heteroatoms. The van der Waals surface area contributed by atoms with E-state index in [1.54, 1.807) is 0 Å². The predicted molar refractivity (Wildman–Crippen MR) is 200 cm³/mol. The number of hydrogen-bond donors (Lipinski definition) is 0. The number of aromatic nitrogens is 3. The minimum absolute atomic E-state index is 0.632. The quantitative estimate of drug-likeness (QED) is 0.184. The van der Waals surface area contributed by atoms with Gasteiger partial charge in [0.25, 0.3) is 0 Å². The van der Waals surface area contributed by atoms with E-state index in [0.29, 0.717) is 17.5 Å². The van der Waals surface area contributed by atoms with Gasteiger partial charge in [0.2, 0.25) is 0 Å². The van der Waals surface area contributed by atoms with E-state index in [9.17, 15) is 0 Å². The van der Waals surface area contributed by atoms with Gasteiger partial charge in [0.15, 0.2) is 17.5 Å². The number of furan rings is 1. The van der Waals surface area contributed by atoms with Crippen molar-refractivity contribution in [1.82, 2.24) is 15.0 Å². The van der Waals surface area contributed by atoms with Crippen LogP contribution >= 0.6 is 0 Å². The smallest absolute Gasteiger partial charge is 0.164 e. The highest BCUT2D eigenvalue weighted by Crippen LogP contribution is 2.37. The van der Waals surface area contributed by atoms with Gasteiger partial charge in [-0.25, -0.2) is 15.0 Å². The van der Waals surface area contributed by atoms with E-state index in [0.717, 1.165) is 72.0 Å². The third-order valence-corrected chi connectivity index (χ3v) is 9.00. The lowest BCUT2D eigenvalue weighted by molar-refractivity contribution is 0.670. The number of hydrogen-bond acceptors (Lipinski definition) is 4. The maximum Gasteiger partial charge on any atom is 0.164 e. The summed E-state index contributed by atoms with van der Waals surface area (Å²) in [7, 11) is 0. The maximum atomic E-state index is 6.29. The van der Waals surface area contributed by atoms with Crippen molar-refractivity contribution in [1.29, 1.82) is 0 Å². The van der Waals surface area contributed by atoms with Crippen molar-refractivity contribution < 1.29 is 4.42 Å². The van der Waals surface area contributed by atoms with Crippen LogP contribution in [0.3, 0.4) is 0 Å². The molecule has 7 aromatic carbocycles. The Morgan fingerprint density at radius 3 is 1.43 bits per heavy atom. The van der Waals surface area contributed by atoms with E-state index in [4.69, 9.17) is 19.4 Å². The number of fused-ring (bicyclic) bond motifs is 3. The van der Waals surface area contributed by atoms with Gasteiger partial charge >= 0.3 is 0 Å². The summed E-state index contributed by atoms with van der Waals surface area (Å²) in [6, 6.07) is 60.4. The summed E-state index contributed by atoms with van der Waals surface area (Å²) in [5.74, 6) is 1.91. The van der Waals surface area contributed by atoms with Crippen molar-refractivity contribution in [2.75, 3.05) is 0 Å². The molecule has 0 unspecified atom stereocenters. The van der Waals surface area contributed by atoms with Crippen molar-refractivity contribution in [3.63, 3.8) is 0 Å². The highest BCUT2D eigenvalue weighted by molar-refractivity contribution is 6.09. The Bertz CT molecular complexity index is 2570. The van der Waals surface area contributed by atoms with Crippen LogP contribution in [0, 0.1) is 0 Å². The minimum Gasteiger partial charge on any atom is -0.455 e. The topological polar surface area (TPSA) is 51.8 Å². The summed E-state index contributed by atoms with van der Waals surface area (Å²) in [6.07, 6.45) is 0. The summed E-state index contributed by atoms with van der Waals surface area (Å²) in [6.45, 7) is 0. The van der Waals surface area contributed by atoms with E-state index in [-0.39, 0.29) is 0 Å². The summed E-state index contributed by atoms with van der Waals surface area (Å²) in [5.41, 5.74) is 11.3. The van der Waals surface area contributed by atoms with Crippen LogP contribution in [0.2, 0.25) is 0 Å². The zero-order chi connectivity index (χ0) is 32.6. The van der Waals surface area contributed by atoms with Crippen molar-refractivity contribution in [3.8, 4) is 67.5 Å². The van der Waals surface area contributed by atoms with Crippen molar-refractivity contribution in [2.45, 2.75) is 0 Å². The lowest BCUT2D eigenvalue weighted by atomic mass is 9.98. The zero-order valence-electron chi connectivity index (χ0n) is 26.5. The molecule has 0 radical (unpaired) electrons. The molecule has 9 aromatic rings. The molecule has 230 valence electrons. The average Bonchev–Trinajstić information content (AvgIpc) is 3.58. The van der Waals surface area contributed by atoms with Crippen LogP contribution in [0.25, 0.3) is 89.5 Å². The van der Waals surface area contributed by atoms with Gasteiger partial charge in [-0.15, -0.1) is 0 Å². The van der Waals surface area contributed by atoms with Gasteiger partial charge in [0, 0.05) is 33.0 Å². The largest absolute Gasteiger partial charge is 0.455 e. The fraction of sp³-hybridized carbons (Fsp3) is 0. The second kappa shape index (κ2) is 12.2. The van der Waals surface area contributed by atoms with E-state index >= 15 is 0 Å². The Hall–Kier alpha value is -6.65. The van der Waals surface area contributed by atoms with E-state index in [2.05, 4.69) is 121 Å². The van der Waals surface area contributed by atoms with E-state index in [1.165, 1.54) is 0 Å². The summed E-state index contributed by atoms with van der Waals surface area (Å²) in [4.78, 5) is 15.0. The fourth-order valence-corrected chi connectivity index (χ4v) is 6.52. The SMILES string of the molecule is c1ccc(-c2nc(-c3ccc(-c4ccc(-c5cccc6c5oc5ccccc56)cc4)cc3)nc(-c3ccccc3-c3ccccc3)n2)cc1. The normalized spacial score (nSPS) is 11.3. The molecule has 0 amide bonds. The number of para-hydroxylation sites is 2.